The number of carbonyl (C=O) groups excluding carboxylic acids is 1. The van der Waals surface area contributed by atoms with Crippen molar-refractivity contribution in [1.82, 2.24) is 14.5 Å². The number of aromatic amines is 1. The zero-order chi connectivity index (χ0) is 15.5. The number of carbonyl (C=O) groups is 1. The van der Waals surface area contributed by atoms with Gasteiger partial charge in [-0.3, -0.25) is 4.79 Å². The second-order valence-electron chi connectivity index (χ2n) is 4.96. The van der Waals surface area contributed by atoms with Crippen LogP contribution in [0.4, 0.5) is 0 Å². The molecule has 0 atom stereocenters. The minimum Gasteiger partial charge on any atom is -0.460 e. The maximum atomic E-state index is 12.0. The molecule has 3 aromatic rings. The average Bonchev–Trinajstić information content (AvgIpc) is 2.90. The summed E-state index contributed by atoms with van der Waals surface area (Å²) >= 11 is 0. The average molecular weight is 297 g/mol. The second kappa shape index (κ2) is 5.85. The van der Waals surface area contributed by atoms with Crippen molar-refractivity contribution in [2.24, 2.45) is 0 Å². The third kappa shape index (κ3) is 2.76. The lowest BCUT2D eigenvalue weighted by Gasteiger charge is -2.07. The predicted octanol–water partition coefficient (Wildman–Crippen LogP) is 1.89. The lowest BCUT2D eigenvalue weighted by atomic mass is 10.2. The van der Waals surface area contributed by atoms with E-state index in [1.165, 1.54) is 16.8 Å². The summed E-state index contributed by atoms with van der Waals surface area (Å²) in [6.45, 7) is 2.40. The topological polar surface area (TPSA) is 77.0 Å². The summed E-state index contributed by atoms with van der Waals surface area (Å²) in [6.07, 6.45) is 4.98. The first kappa shape index (κ1) is 14.1. The number of aromatic nitrogens is 3. The lowest BCUT2D eigenvalue weighted by molar-refractivity contribution is 0.0490. The summed E-state index contributed by atoms with van der Waals surface area (Å²) in [5.41, 5.74) is 2.04. The van der Waals surface area contributed by atoms with E-state index in [1.54, 1.807) is 24.4 Å². The molecule has 0 spiro atoms. The molecule has 112 valence electrons. The number of hydrogen-bond donors (Lipinski definition) is 1. The molecule has 0 aliphatic rings. The number of pyridine rings is 2. The molecule has 3 heterocycles. The molecule has 3 rings (SSSR count). The monoisotopic (exact) mass is 297 g/mol. The van der Waals surface area contributed by atoms with Gasteiger partial charge in [0.1, 0.15) is 12.3 Å². The number of nitrogens with zero attached hydrogens (tertiary/aromatic N) is 2. The predicted molar refractivity (Wildman–Crippen MR) is 81.8 cm³/mol. The van der Waals surface area contributed by atoms with Crippen LogP contribution in [0.2, 0.25) is 0 Å². The molecule has 1 N–H and O–H groups in total. The first-order chi connectivity index (χ1) is 10.6. The third-order valence-corrected chi connectivity index (χ3v) is 3.44. The molecule has 0 radical (unpaired) electrons. The Hall–Kier alpha value is -2.89. The van der Waals surface area contributed by atoms with Gasteiger partial charge in [0.2, 0.25) is 0 Å². The summed E-state index contributed by atoms with van der Waals surface area (Å²) in [6, 6.07) is 6.65. The summed E-state index contributed by atoms with van der Waals surface area (Å²) in [5, 5.41) is 0.897. The molecule has 0 unspecified atom stereocenters. The third-order valence-electron chi connectivity index (χ3n) is 3.44. The summed E-state index contributed by atoms with van der Waals surface area (Å²) in [5.74, 6) is -0.445. The molecule has 6 heteroatoms. The Kier molecular flexibility index (Phi) is 3.74. The van der Waals surface area contributed by atoms with Crippen molar-refractivity contribution in [3.05, 3.63) is 64.3 Å². The summed E-state index contributed by atoms with van der Waals surface area (Å²) in [4.78, 5) is 30.8. The Morgan fingerprint density at radius 1 is 1.41 bits per heavy atom. The van der Waals surface area contributed by atoms with Crippen LogP contribution in [0.1, 0.15) is 15.9 Å². The van der Waals surface area contributed by atoms with Gasteiger partial charge in [0.25, 0.3) is 5.56 Å². The molecule has 0 aliphatic heterocycles. The van der Waals surface area contributed by atoms with Crippen LogP contribution >= 0.6 is 0 Å². The maximum Gasteiger partial charge on any atom is 0.339 e. The number of esters is 1. The summed E-state index contributed by atoms with van der Waals surface area (Å²) in [7, 11) is 0. The number of fused-ring (bicyclic) bond motifs is 1. The van der Waals surface area contributed by atoms with Gasteiger partial charge in [-0.05, 0) is 24.6 Å². The number of hydrogen-bond acceptors (Lipinski definition) is 4. The van der Waals surface area contributed by atoms with E-state index in [2.05, 4.69) is 9.97 Å². The molecule has 0 amide bonds. The SMILES string of the molecule is Cc1c[nH]c2ncc(C(=O)OCCn3ccccc3=O)cc12. The van der Waals surface area contributed by atoms with E-state index in [0.29, 0.717) is 12.1 Å². The Morgan fingerprint density at radius 2 is 2.27 bits per heavy atom. The zero-order valence-electron chi connectivity index (χ0n) is 12.1. The van der Waals surface area contributed by atoms with E-state index in [-0.39, 0.29) is 12.2 Å². The molecule has 0 saturated heterocycles. The Labute approximate surface area is 126 Å². The highest BCUT2D eigenvalue weighted by Gasteiger charge is 2.10. The molecular weight excluding hydrogens is 282 g/mol. The molecular formula is C16H15N3O3. The highest BCUT2D eigenvalue weighted by Crippen LogP contribution is 2.17. The van der Waals surface area contributed by atoms with E-state index in [4.69, 9.17) is 4.74 Å². The minimum atomic E-state index is -0.445. The number of rotatable bonds is 4. The van der Waals surface area contributed by atoms with Crippen molar-refractivity contribution in [2.75, 3.05) is 6.61 Å². The molecule has 6 nitrogen and oxygen atoms in total. The molecule has 3 aromatic heterocycles. The molecule has 0 saturated carbocycles. The molecule has 0 aromatic carbocycles. The van der Waals surface area contributed by atoms with Gasteiger partial charge in [-0.1, -0.05) is 6.07 Å². The fraction of sp³-hybridized carbons (Fsp3) is 0.188. The van der Waals surface area contributed by atoms with Crippen LogP contribution in [0, 0.1) is 6.92 Å². The molecule has 22 heavy (non-hydrogen) atoms. The molecule has 0 aliphatic carbocycles. The number of ether oxygens (including phenoxy) is 1. The van der Waals surface area contributed by atoms with Gasteiger partial charge >= 0.3 is 5.97 Å². The van der Waals surface area contributed by atoms with Gasteiger partial charge in [-0.15, -0.1) is 0 Å². The highest BCUT2D eigenvalue weighted by atomic mass is 16.5. The lowest BCUT2D eigenvalue weighted by Crippen LogP contribution is -2.21. The first-order valence-corrected chi connectivity index (χ1v) is 6.91. The zero-order valence-corrected chi connectivity index (χ0v) is 12.1. The van der Waals surface area contributed by atoms with E-state index >= 15 is 0 Å². The highest BCUT2D eigenvalue weighted by molar-refractivity contribution is 5.93. The Morgan fingerprint density at radius 3 is 3.09 bits per heavy atom. The quantitative estimate of drug-likeness (QED) is 0.746. The van der Waals surface area contributed by atoms with Crippen LogP contribution in [0.5, 0.6) is 0 Å². The largest absolute Gasteiger partial charge is 0.460 e. The Balaban J connectivity index is 1.67. The van der Waals surface area contributed by atoms with Crippen molar-refractivity contribution >= 4 is 17.0 Å². The van der Waals surface area contributed by atoms with E-state index in [1.807, 2.05) is 13.1 Å². The standard InChI is InChI=1S/C16H15N3O3/c1-11-9-17-15-13(11)8-12(10-18-15)16(21)22-7-6-19-5-3-2-4-14(19)20/h2-5,8-10H,6-7H2,1H3,(H,17,18). The van der Waals surface area contributed by atoms with Gasteiger partial charge in [0.15, 0.2) is 0 Å². The normalized spacial score (nSPS) is 10.8. The van der Waals surface area contributed by atoms with Crippen LogP contribution in [0.15, 0.2) is 47.7 Å². The van der Waals surface area contributed by atoms with E-state index in [0.717, 1.165) is 16.6 Å². The van der Waals surface area contributed by atoms with Gasteiger partial charge in [-0.2, -0.15) is 0 Å². The molecule has 0 bridgehead atoms. The number of H-pyrrole nitrogens is 1. The van der Waals surface area contributed by atoms with Crippen LogP contribution < -0.4 is 5.56 Å². The smallest absolute Gasteiger partial charge is 0.339 e. The van der Waals surface area contributed by atoms with E-state index < -0.39 is 5.97 Å². The van der Waals surface area contributed by atoms with Crippen molar-refractivity contribution in [1.29, 1.82) is 0 Å². The van der Waals surface area contributed by atoms with Gasteiger partial charge in [0.05, 0.1) is 12.1 Å². The fourth-order valence-electron chi connectivity index (χ4n) is 2.21. The first-order valence-electron chi connectivity index (χ1n) is 6.91. The van der Waals surface area contributed by atoms with Gasteiger partial charge in [-0.25, -0.2) is 9.78 Å². The van der Waals surface area contributed by atoms with Crippen LogP contribution in [0.25, 0.3) is 11.0 Å². The summed E-state index contributed by atoms with van der Waals surface area (Å²) < 4.78 is 6.69. The van der Waals surface area contributed by atoms with Crippen LogP contribution in [-0.2, 0) is 11.3 Å². The van der Waals surface area contributed by atoms with Crippen molar-refractivity contribution in [3.8, 4) is 0 Å². The number of aryl methyl sites for hydroxylation is 1. The van der Waals surface area contributed by atoms with Gasteiger partial charge < -0.3 is 14.3 Å². The second-order valence-corrected chi connectivity index (χ2v) is 4.96. The maximum absolute atomic E-state index is 12.0. The molecule has 0 fully saturated rings. The van der Waals surface area contributed by atoms with Crippen LogP contribution in [-0.4, -0.2) is 27.1 Å². The van der Waals surface area contributed by atoms with Crippen molar-refractivity contribution in [3.63, 3.8) is 0 Å². The van der Waals surface area contributed by atoms with E-state index in [9.17, 15) is 9.59 Å². The fourth-order valence-corrected chi connectivity index (χ4v) is 2.21. The minimum absolute atomic E-state index is 0.121. The Bertz CT molecular complexity index is 879. The number of nitrogens with one attached hydrogen (secondary N) is 1. The van der Waals surface area contributed by atoms with Crippen molar-refractivity contribution < 1.29 is 9.53 Å². The van der Waals surface area contributed by atoms with Crippen LogP contribution in [0.3, 0.4) is 0 Å². The van der Waals surface area contributed by atoms with Gasteiger partial charge in [0, 0.05) is 30.0 Å². The van der Waals surface area contributed by atoms with Crippen molar-refractivity contribution in [2.45, 2.75) is 13.5 Å².